The van der Waals surface area contributed by atoms with E-state index < -0.39 is 10.0 Å². The van der Waals surface area contributed by atoms with Gasteiger partial charge in [0, 0.05) is 33.4 Å². The number of amides is 1. The average molecular weight is 449 g/mol. The fourth-order valence-corrected chi connectivity index (χ4v) is 5.85. The topological polar surface area (TPSA) is 88.6 Å². The number of thiazole rings is 1. The molecule has 0 N–H and O–H groups in total. The molecule has 4 rings (SSSR count). The molecule has 3 aromatic heterocycles. The van der Waals surface area contributed by atoms with Gasteiger partial charge in [-0.05, 0) is 38.0 Å². The highest BCUT2D eigenvalue weighted by Crippen LogP contribution is 2.32. The molecule has 30 heavy (non-hydrogen) atoms. The summed E-state index contributed by atoms with van der Waals surface area (Å²) in [5.41, 5.74) is 1.33. The van der Waals surface area contributed by atoms with E-state index in [4.69, 9.17) is 4.42 Å². The second-order valence-electron chi connectivity index (χ2n) is 7.45. The van der Waals surface area contributed by atoms with Crippen molar-refractivity contribution in [2.75, 3.05) is 20.1 Å². The van der Waals surface area contributed by atoms with Crippen molar-refractivity contribution in [1.82, 2.24) is 18.8 Å². The van der Waals surface area contributed by atoms with Crippen LogP contribution in [0, 0.1) is 6.92 Å². The lowest BCUT2D eigenvalue weighted by Gasteiger charge is -2.14. The molecule has 0 unspecified atom stereocenters. The van der Waals surface area contributed by atoms with Gasteiger partial charge in [-0.25, -0.2) is 13.4 Å². The molecule has 0 atom stereocenters. The number of aromatic nitrogens is 2. The minimum absolute atomic E-state index is 0.00832. The van der Waals surface area contributed by atoms with E-state index >= 15 is 0 Å². The molecule has 10 heteroatoms. The number of hydrogen-bond acceptors (Lipinski definition) is 6. The first-order valence-electron chi connectivity index (χ1n) is 9.69. The Bertz CT molecular complexity index is 1160. The van der Waals surface area contributed by atoms with Gasteiger partial charge in [0.05, 0.1) is 24.2 Å². The molecule has 1 aliphatic heterocycles. The highest BCUT2D eigenvalue weighted by atomic mass is 32.2. The fraction of sp³-hybridized carbons (Fsp3) is 0.400. The summed E-state index contributed by atoms with van der Waals surface area (Å²) in [4.78, 5) is 20.0. The summed E-state index contributed by atoms with van der Waals surface area (Å²) in [6.45, 7) is 3.52. The van der Waals surface area contributed by atoms with Crippen LogP contribution in [0.3, 0.4) is 0 Å². The van der Waals surface area contributed by atoms with E-state index in [1.54, 1.807) is 36.0 Å². The van der Waals surface area contributed by atoms with Crippen LogP contribution in [0.5, 0.6) is 0 Å². The van der Waals surface area contributed by atoms with Crippen LogP contribution >= 0.6 is 11.3 Å². The lowest BCUT2D eigenvalue weighted by atomic mass is 10.3. The van der Waals surface area contributed by atoms with Gasteiger partial charge >= 0.3 is 0 Å². The Morgan fingerprint density at radius 3 is 2.73 bits per heavy atom. The van der Waals surface area contributed by atoms with Crippen LogP contribution in [0.15, 0.2) is 40.0 Å². The Balaban J connectivity index is 1.61. The third-order valence-corrected chi connectivity index (χ3v) is 8.19. The van der Waals surface area contributed by atoms with E-state index in [9.17, 15) is 13.2 Å². The van der Waals surface area contributed by atoms with Gasteiger partial charge in [0.1, 0.15) is 20.5 Å². The van der Waals surface area contributed by atoms with Gasteiger partial charge in [-0.1, -0.05) is 0 Å². The molecule has 8 nitrogen and oxygen atoms in total. The zero-order valence-corrected chi connectivity index (χ0v) is 18.8. The highest BCUT2D eigenvalue weighted by molar-refractivity contribution is 7.89. The maximum atomic E-state index is 13.0. The van der Waals surface area contributed by atoms with Gasteiger partial charge in [-0.2, -0.15) is 4.31 Å². The van der Waals surface area contributed by atoms with E-state index in [1.807, 2.05) is 11.8 Å². The third-order valence-electron chi connectivity index (χ3n) is 5.25. The third kappa shape index (κ3) is 3.82. The van der Waals surface area contributed by atoms with Gasteiger partial charge in [-0.15, -0.1) is 11.3 Å². The van der Waals surface area contributed by atoms with E-state index in [2.05, 4.69) is 4.98 Å². The van der Waals surface area contributed by atoms with E-state index in [-0.39, 0.29) is 17.3 Å². The van der Waals surface area contributed by atoms with Crippen molar-refractivity contribution in [1.29, 1.82) is 0 Å². The van der Waals surface area contributed by atoms with Crippen molar-refractivity contribution in [3.63, 3.8) is 0 Å². The van der Waals surface area contributed by atoms with Crippen molar-refractivity contribution >= 4 is 27.3 Å². The summed E-state index contributed by atoms with van der Waals surface area (Å²) in [6.07, 6.45) is 5.15. The Kier molecular flexibility index (Phi) is 5.56. The molecular formula is C20H24N4O4S2. The minimum Gasteiger partial charge on any atom is -0.468 e. The van der Waals surface area contributed by atoms with Crippen LogP contribution in [0.1, 0.15) is 34.0 Å². The van der Waals surface area contributed by atoms with E-state index in [0.29, 0.717) is 27.0 Å². The summed E-state index contributed by atoms with van der Waals surface area (Å²) in [5, 5.41) is 0.632. The van der Waals surface area contributed by atoms with Gasteiger partial charge in [0.15, 0.2) is 0 Å². The number of rotatable bonds is 6. The summed E-state index contributed by atoms with van der Waals surface area (Å²) in [6, 6.07) is 5.07. The number of carbonyl (C=O) groups excluding carboxylic acids is 1. The van der Waals surface area contributed by atoms with Crippen LogP contribution in [0.4, 0.5) is 0 Å². The van der Waals surface area contributed by atoms with Crippen molar-refractivity contribution in [2.45, 2.75) is 31.2 Å². The molecule has 0 bridgehead atoms. The lowest BCUT2D eigenvalue weighted by molar-refractivity contribution is 0.0796. The Morgan fingerprint density at radius 2 is 2.07 bits per heavy atom. The molecule has 4 heterocycles. The first kappa shape index (κ1) is 20.8. The summed E-state index contributed by atoms with van der Waals surface area (Å²) in [5.74, 6) is 0.576. The van der Waals surface area contributed by atoms with E-state index in [0.717, 1.165) is 25.9 Å². The van der Waals surface area contributed by atoms with Crippen molar-refractivity contribution in [3.05, 3.63) is 47.0 Å². The molecule has 0 aromatic carbocycles. The normalized spacial score (nSPS) is 14.7. The Morgan fingerprint density at radius 1 is 1.33 bits per heavy atom. The largest absolute Gasteiger partial charge is 0.468 e. The van der Waals surface area contributed by atoms with Crippen molar-refractivity contribution < 1.29 is 17.6 Å². The standard InChI is InChI=1S/C20H24N4O4S2/c1-14-18(20(25)24-8-4-5-9-24)29-19(21-14)17-11-16(13-22(17)2)30(26,27)23(3)12-15-7-6-10-28-15/h6-7,10-11,13H,4-5,8-9,12H2,1-3H3. The van der Waals surface area contributed by atoms with E-state index in [1.165, 1.54) is 29.0 Å². The van der Waals surface area contributed by atoms with Crippen molar-refractivity contribution in [3.8, 4) is 10.7 Å². The number of furan rings is 1. The lowest BCUT2D eigenvalue weighted by Crippen LogP contribution is -2.27. The highest BCUT2D eigenvalue weighted by Gasteiger charge is 2.27. The zero-order valence-electron chi connectivity index (χ0n) is 17.2. The number of nitrogens with zero attached hydrogens (tertiary/aromatic N) is 4. The maximum absolute atomic E-state index is 13.0. The molecule has 0 saturated carbocycles. The minimum atomic E-state index is -3.70. The zero-order chi connectivity index (χ0) is 21.5. The van der Waals surface area contributed by atoms with Gasteiger partial charge in [-0.3, -0.25) is 4.79 Å². The summed E-state index contributed by atoms with van der Waals surface area (Å²) in [7, 11) is -0.407. The quantitative estimate of drug-likeness (QED) is 0.578. The van der Waals surface area contributed by atoms with Crippen molar-refractivity contribution in [2.24, 2.45) is 7.05 Å². The van der Waals surface area contributed by atoms with Crippen LogP contribution in [0.25, 0.3) is 10.7 Å². The molecular weight excluding hydrogens is 424 g/mol. The molecule has 3 aromatic rings. The Hall–Kier alpha value is -2.43. The average Bonchev–Trinajstić information content (AvgIpc) is 3.48. The Labute approximate surface area is 179 Å². The monoisotopic (exact) mass is 448 g/mol. The maximum Gasteiger partial charge on any atom is 0.265 e. The molecule has 1 fully saturated rings. The molecule has 1 amide bonds. The number of carbonyl (C=O) groups is 1. The molecule has 1 aliphatic rings. The van der Waals surface area contributed by atoms with Crippen LogP contribution < -0.4 is 0 Å². The molecule has 0 spiro atoms. The second-order valence-corrected chi connectivity index (χ2v) is 10.5. The fourth-order valence-electron chi connectivity index (χ4n) is 3.54. The van der Waals surface area contributed by atoms with Gasteiger partial charge in [0.2, 0.25) is 10.0 Å². The molecule has 1 saturated heterocycles. The number of hydrogen-bond donors (Lipinski definition) is 0. The molecule has 0 aliphatic carbocycles. The van der Waals surface area contributed by atoms with Crippen LogP contribution in [-0.4, -0.2) is 53.2 Å². The first-order valence-corrected chi connectivity index (χ1v) is 11.9. The predicted octanol–water partition coefficient (Wildman–Crippen LogP) is 3.11. The SMILES string of the molecule is Cc1nc(-c2cc(S(=O)(=O)N(C)Cc3ccco3)cn2C)sc1C(=O)N1CCCC1. The predicted molar refractivity (Wildman–Crippen MR) is 114 cm³/mol. The van der Waals surface area contributed by atoms with Crippen LogP contribution in [0.2, 0.25) is 0 Å². The number of likely N-dealkylation sites (tertiary alicyclic amines) is 1. The number of aryl methyl sites for hydroxylation is 2. The molecule has 0 radical (unpaired) electrons. The summed E-state index contributed by atoms with van der Waals surface area (Å²) >= 11 is 1.31. The summed E-state index contributed by atoms with van der Waals surface area (Å²) < 4.78 is 34.2. The second kappa shape index (κ2) is 8.01. The van der Waals surface area contributed by atoms with Gasteiger partial charge < -0.3 is 13.9 Å². The smallest absolute Gasteiger partial charge is 0.265 e. The van der Waals surface area contributed by atoms with Gasteiger partial charge in [0.25, 0.3) is 5.91 Å². The molecule has 160 valence electrons. The van der Waals surface area contributed by atoms with Crippen LogP contribution in [-0.2, 0) is 23.6 Å². The first-order chi connectivity index (χ1) is 14.3. The number of sulfonamides is 1.